The number of aryl methyl sites for hydroxylation is 1. The van der Waals surface area contributed by atoms with E-state index in [0.717, 1.165) is 57.5 Å². The zero-order valence-corrected chi connectivity index (χ0v) is 28.8. The molecule has 3 aromatic rings. The highest BCUT2D eigenvalue weighted by Crippen LogP contribution is 2.38. The van der Waals surface area contributed by atoms with Gasteiger partial charge in [-0.1, -0.05) is 19.9 Å². The predicted octanol–water partition coefficient (Wildman–Crippen LogP) is 4.96. The number of ether oxygens (including phenoxy) is 1. The molecule has 2 bridgehead atoms. The normalized spacial score (nSPS) is 24.2. The Balaban J connectivity index is 1.09. The highest BCUT2D eigenvalue weighted by atomic mass is 19.1. The molecule has 0 unspecified atom stereocenters. The van der Waals surface area contributed by atoms with Gasteiger partial charge < -0.3 is 18.9 Å². The van der Waals surface area contributed by atoms with Crippen LogP contribution >= 0.6 is 0 Å². The fraction of sp³-hybridized carbons (Fsp3) is 0.595. The lowest BCUT2D eigenvalue weighted by molar-refractivity contribution is -0.131. The first-order valence-corrected chi connectivity index (χ1v) is 17.6. The van der Waals surface area contributed by atoms with E-state index in [1.165, 1.54) is 12.1 Å². The topological polar surface area (TPSA) is 73.6 Å². The van der Waals surface area contributed by atoms with Crippen molar-refractivity contribution in [2.24, 2.45) is 5.92 Å². The van der Waals surface area contributed by atoms with Crippen molar-refractivity contribution in [3.8, 4) is 11.1 Å². The number of fused-ring (bicyclic) bond motifs is 3. The Labute approximate surface area is 281 Å². The van der Waals surface area contributed by atoms with Gasteiger partial charge in [0.25, 0.3) is 5.91 Å². The molecule has 4 aliphatic rings. The van der Waals surface area contributed by atoms with E-state index in [2.05, 4.69) is 28.6 Å². The van der Waals surface area contributed by atoms with Crippen molar-refractivity contribution in [1.82, 2.24) is 29.0 Å². The van der Waals surface area contributed by atoms with Gasteiger partial charge in [0.05, 0.1) is 24.8 Å². The molecule has 9 nitrogen and oxygen atoms in total. The number of likely N-dealkylation sites (tertiary alicyclic amines) is 3. The maximum Gasteiger partial charge on any atom is 0.254 e. The second-order valence-electron chi connectivity index (χ2n) is 14.8. The van der Waals surface area contributed by atoms with Crippen molar-refractivity contribution in [2.45, 2.75) is 84.0 Å². The number of rotatable bonds is 9. The fourth-order valence-electron chi connectivity index (χ4n) is 8.71. The Morgan fingerprint density at radius 2 is 1.83 bits per heavy atom. The maximum absolute atomic E-state index is 15.5. The number of halogens is 2. The Hall–Kier alpha value is -3.41. The van der Waals surface area contributed by atoms with Gasteiger partial charge in [-0.15, -0.1) is 0 Å². The van der Waals surface area contributed by atoms with Crippen LogP contribution in [0.25, 0.3) is 16.6 Å². The molecule has 2 amide bonds. The van der Waals surface area contributed by atoms with Gasteiger partial charge in [0.15, 0.2) is 0 Å². The Morgan fingerprint density at radius 1 is 1.04 bits per heavy atom. The quantitative estimate of drug-likeness (QED) is 0.323. The number of morpholine rings is 1. The van der Waals surface area contributed by atoms with Crippen LogP contribution < -0.4 is 0 Å². The SMILES string of the molecule is CC(=O)N1C[C@H]2C[C@@H]1CN2CCC[C@H](C(C)C)N1CC(c2cc(-c3ccc(F)cc3C(=O)N3CCOC[C@H]3C)c3c(F)nc(C)n3c2)C1. The molecule has 48 heavy (non-hydrogen) atoms. The van der Waals surface area contributed by atoms with Gasteiger partial charge in [0.1, 0.15) is 17.2 Å². The van der Waals surface area contributed by atoms with Crippen LogP contribution in [0.15, 0.2) is 30.5 Å². The number of pyridine rings is 1. The monoisotopic (exact) mass is 662 g/mol. The van der Waals surface area contributed by atoms with E-state index in [9.17, 15) is 14.0 Å². The van der Waals surface area contributed by atoms with Crippen molar-refractivity contribution >= 4 is 17.3 Å². The number of amides is 2. The van der Waals surface area contributed by atoms with Crippen molar-refractivity contribution in [2.75, 3.05) is 52.5 Å². The first kappa shape index (κ1) is 33.1. The van der Waals surface area contributed by atoms with Crippen LogP contribution in [0.5, 0.6) is 0 Å². The molecule has 4 atom stereocenters. The minimum atomic E-state index is -0.605. The zero-order chi connectivity index (χ0) is 33.9. The van der Waals surface area contributed by atoms with Crippen LogP contribution in [0.1, 0.15) is 74.6 Å². The third kappa shape index (κ3) is 6.02. The largest absolute Gasteiger partial charge is 0.377 e. The minimum Gasteiger partial charge on any atom is -0.377 e. The molecule has 4 fully saturated rings. The summed E-state index contributed by atoms with van der Waals surface area (Å²) >= 11 is 0. The number of hydrogen-bond acceptors (Lipinski definition) is 6. The van der Waals surface area contributed by atoms with Crippen LogP contribution in [0, 0.1) is 24.6 Å². The maximum atomic E-state index is 15.5. The molecule has 0 aliphatic carbocycles. The van der Waals surface area contributed by atoms with E-state index in [-0.39, 0.29) is 29.3 Å². The van der Waals surface area contributed by atoms with E-state index >= 15 is 4.39 Å². The van der Waals surface area contributed by atoms with Gasteiger partial charge in [-0.25, -0.2) is 9.37 Å². The minimum absolute atomic E-state index is 0.153. The van der Waals surface area contributed by atoms with Crippen molar-refractivity contribution < 1.29 is 23.1 Å². The van der Waals surface area contributed by atoms with Gasteiger partial charge >= 0.3 is 0 Å². The molecule has 6 heterocycles. The van der Waals surface area contributed by atoms with Crippen molar-refractivity contribution in [3.05, 3.63) is 59.2 Å². The standard InChI is InChI=1S/C37H48F2N6O3/c1-22(2)34(7-6-10-41-19-30-15-29(41)20-45(30)25(5)46)42-16-27(17-42)26-13-32(35-36(39)40-24(4)44(35)18-26)31-9-8-28(38)14-33(31)37(47)43-11-12-48-21-23(43)3/h8-9,13-14,18,22-23,27,29-30,34H,6-7,10-12,15-17,19-21H2,1-5H3/t23-,29-,30-,34-/m1/s1. The van der Waals surface area contributed by atoms with Gasteiger partial charge in [-0.2, -0.15) is 4.39 Å². The molecule has 0 spiro atoms. The van der Waals surface area contributed by atoms with Gasteiger partial charge in [0, 0.05) is 75.5 Å². The first-order valence-electron chi connectivity index (χ1n) is 17.6. The van der Waals surface area contributed by atoms with E-state index in [0.29, 0.717) is 66.3 Å². The Kier molecular flexibility index (Phi) is 9.06. The molecule has 258 valence electrons. The van der Waals surface area contributed by atoms with Crippen molar-refractivity contribution in [1.29, 1.82) is 0 Å². The number of hydrogen-bond donors (Lipinski definition) is 0. The zero-order valence-electron chi connectivity index (χ0n) is 28.8. The van der Waals surface area contributed by atoms with E-state index in [4.69, 9.17) is 4.74 Å². The lowest BCUT2D eigenvalue weighted by Crippen LogP contribution is -2.53. The van der Waals surface area contributed by atoms with Crippen LogP contribution in [-0.4, -0.2) is 117 Å². The summed E-state index contributed by atoms with van der Waals surface area (Å²) in [6.45, 7) is 15.9. The van der Waals surface area contributed by atoms with E-state index in [1.807, 2.05) is 24.1 Å². The Morgan fingerprint density at radius 3 is 2.52 bits per heavy atom. The molecule has 0 saturated carbocycles. The Bertz CT molecular complexity index is 1700. The molecule has 4 aliphatic heterocycles. The summed E-state index contributed by atoms with van der Waals surface area (Å²) in [7, 11) is 0. The number of benzene rings is 1. The second kappa shape index (κ2) is 13.1. The summed E-state index contributed by atoms with van der Waals surface area (Å²) in [5.41, 5.74) is 2.63. The first-order chi connectivity index (χ1) is 23.0. The molecule has 4 saturated heterocycles. The molecule has 7 rings (SSSR count). The third-order valence-corrected chi connectivity index (χ3v) is 11.3. The van der Waals surface area contributed by atoms with Crippen LogP contribution in [0.3, 0.4) is 0 Å². The summed E-state index contributed by atoms with van der Waals surface area (Å²) in [5.74, 6) is 0.0753. The highest BCUT2D eigenvalue weighted by molar-refractivity contribution is 6.03. The van der Waals surface area contributed by atoms with Gasteiger partial charge in [-0.05, 0) is 74.9 Å². The van der Waals surface area contributed by atoms with E-state index < -0.39 is 11.8 Å². The highest BCUT2D eigenvalue weighted by Gasteiger charge is 2.44. The third-order valence-electron chi connectivity index (χ3n) is 11.3. The summed E-state index contributed by atoms with van der Waals surface area (Å²) < 4.78 is 37.5. The second-order valence-corrected chi connectivity index (χ2v) is 14.8. The van der Waals surface area contributed by atoms with Gasteiger partial charge in [0.2, 0.25) is 11.9 Å². The fourth-order valence-corrected chi connectivity index (χ4v) is 8.71. The number of carbonyl (C=O) groups excluding carboxylic acids is 2. The van der Waals surface area contributed by atoms with Crippen LogP contribution in [0.2, 0.25) is 0 Å². The predicted molar refractivity (Wildman–Crippen MR) is 180 cm³/mol. The number of imidazole rings is 1. The molecule has 0 radical (unpaired) electrons. The van der Waals surface area contributed by atoms with E-state index in [1.54, 1.807) is 29.2 Å². The molecule has 2 aromatic heterocycles. The van der Waals surface area contributed by atoms with Crippen LogP contribution in [-0.2, 0) is 9.53 Å². The lowest BCUT2D eigenvalue weighted by atomic mass is 9.85. The molecule has 11 heteroatoms. The average Bonchev–Trinajstić information content (AvgIpc) is 3.72. The summed E-state index contributed by atoms with van der Waals surface area (Å²) in [6.07, 6.45) is 5.33. The molecule has 1 aromatic carbocycles. The number of carbonyl (C=O) groups is 2. The van der Waals surface area contributed by atoms with Crippen molar-refractivity contribution in [3.63, 3.8) is 0 Å². The summed E-state index contributed by atoms with van der Waals surface area (Å²) in [6, 6.07) is 7.39. The molecular formula is C37H48F2N6O3. The number of piperazine rings is 1. The molecule has 0 N–H and O–H groups in total. The smallest absolute Gasteiger partial charge is 0.254 e. The van der Waals surface area contributed by atoms with Gasteiger partial charge in [-0.3, -0.25) is 19.4 Å². The average molecular weight is 663 g/mol. The summed E-state index contributed by atoms with van der Waals surface area (Å²) in [5, 5.41) is 0. The lowest BCUT2D eigenvalue weighted by Gasteiger charge is -2.46. The summed E-state index contributed by atoms with van der Waals surface area (Å²) in [4.78, 5) is 38.8. The van der Waals surface area contributed by atoms with Crippen LogP contribution in [0.4, 0.5) is 8.78 Å². The molecular weight excluding hydrogens is 614 g/mol. The number of nitrogens with zero attached hydrogens (tertiary/aromatic N) is 6. The number of aromatic nitrogens is 2.